The molecule has 3 rings (SSSR count). The van der Waals surface area contributed by atoms with Crippen molar-refractivity contribution in [1.29, 1.82) is 0 Å². The van der Waals surface area contributed by atoms with Gasteiger partial charge in [-0.1, -0.05) is 18.2 Å². The van der Waals surface area contributed by atoms with Gasteiger partial charge in [0.2, 0.25) is 0 Å². The monoisotopic (exact) mass is 494 g/mol. The largest absolute Gasteiger partial charge is 0.352 e. The highest BCUT2D eigenvalue weighted by molar-refractivity contribution is 14.0. The fourth-order valence-electron chi connectivity index (χ4n) is 2.69. The van der Waals surface area contributed by atoms with Gasteiger partial charge in [-0.15, -0.1) is 24.0 Å². The van der Waals surface area contributed by atoms with E-state index in [0.29, 0.717) is 24.6 Å². The molecule has 3 aromatic rings. The lowest BCUT2D eigenvalue weighted by atomic mass is 10.1. The predicted molar refractivity (Wildman–Crippen MR) is 120 cm³/mol. The summed E-state index contributed by atoms with van der Waals surface area (Å²) in [6.45, 7) is 4.86. The third-order valence-electron chi connectivity index (χ3n) is 4.25. The molecule has 0 aliphatic heterocycles. The molecule has 0 bridgehead atoms. The van der Waals surface area contributed by atoms with E-state index in [-0.39, 0.29) is 29.8 Å². The van der Waals surface area contributed by atoms with Gasteiger partial charge in [-0.05, 0) is 42.7 Å². The van der Waals surface area contributed by atoms with Crippen LogP contribution in [0.15, 0.2) is 53.9 Å². The van der Waals surface area contributed by atoms with Crippen molar-refractivity contribution in [2.75, 3.05) is 7.05 Å². The molecule has 148 valence electrons. The van der Waals surface area contributed by atoms with Gasteiger partial charge in [0.15, 0.2) is 5.96 Å². The van der Waals surface area contributed by atoms with Crippen molar-refractivity contribution in [2.24, 2.45) is 4.99 Å². The number of benzene rings is 1. The van der Waals surface area contributed by atoms with E-state index in [9.17, 15) is 4.39 Å². The van der Waals surface area contributed by atoms with E-state index in [4.69, 9.17) is 0 Å². The molecule has 0 amide bonds. The van der Waals surface area contributed by atoms with Crippen molar-refractivity contribution < 1.29 is 4.39 Å². The van der Waals surface area contributed by atoms with Crippen LogP contribution < -0.4 is 10.6 Å². The number of nitrogens with zero attached hydrogens (tertiary/aromatic N) is 4. The Bertz CT molecular complexity index is 936. The summed E-state index contributed by atoms with van der Waals surface area (Å²) in [5.74, 6) is 2.21. The molecule has 1 aromatic carbocycles. The van der Waals surface area contributed by atoms with Crippen LogP contribution >= 0.6 is 24.0 Å². The molecule has 2 N–H and O–H groups in total. The minimum atomic E-state index is -0.192. The van der Waals surface area contributed by atoms with Gasteiger partial charge < -0.3 is 10.6 Å². The first kappa shape index (κ1) is 21.8. The number of hydrogen-bond donors (Lipinski definition) is 2. The molecule has 0 spiro atoms. The van der Waals surface area contributed by atoms with E-state index in [2.05, 4.69) is 25.6 Å². The molecule has 0 aliphatic rings. The number of aromatic nitrogens is 3. The Morgan fingerprint density at radius 1 is 1.07 bits per heavy atom. The van der Waals surface area contributed by atoms with Crippen LogP contribution in [0.5, 0.6) is 0 Å². The normalized spacial score (nSPS) is 11.1. The van der Waals surface area contributed by atoms with Crippen molar-refractivity contribution in [2.45, 2.75) is 26.9 Å². The fraction of sp³-hybridized carbons (Fsp3) is 0.250. The highest BCUT2D eigenvalue weighted by Gasteiger charge is 2.04. The van der Waals surface area contributed by atoms with Crippen LogP contribution in [-0.4, -0.2) is 27.5 Å². The maximum Gasteiger partial charge on any atom is 0.191 e. The first-order chi connectivity index (χ1) is 13.1. The lowest BCUT2D eigenvalue weighted by Crippen LogP contribution is -2.36. The summed E-state index contributed by atoms with van der Waals surface area (Å²) in [5.41, 5.74) is 2.67. The number of nitrogens with one attached hydrogen (secondary N) is 2. The third kappa shape index (κ3) is 5.51. The fourth-order valence-corrected chi connectivity index (χ4v) is 2.69. The van der Waals surface area contributed by atoms with Crippen molar-refractivity contribution in [3.8, 4) is 5.82 Å². The second kappa shape index (κ2) is 10.2. The SMILES string of the molecule is CN=C(NCc1ccc(-n2ccnc2C)nc1)NCc1ccc(F)c(C)c1.I. The number of aliphatic imine (C=N–C) groups is 1. The van der Waals surface area contributed by atoms with Gasteiger partial charge in [0.1, 0.15) is 17.5 Å². The van der Waals surface area contributed by atoms with Crippen LogP contribution in [-0.2, 0) is 13.1 Å². The zero-order valence-corrected chi connectivity index (χ0v) is 18.4. The molecule has 0 unspecified atom stereocenters. The smallest absolute Gasteiger partial charge is 0.191 e. The van der Waals surface area contributed by atoms with Crippen LogP contribution in [0.25, 0.3) is 5.82 Å². The topological polar surface area (TPSA) is 67.1 Å². The summed E-state index contributed by atoms with van der Waals surface area (Å²) < 4.78 is 15.3. The Balaban J connectivity index is 0.00000280. The quantitative estimate of drug-likeness (QED) is 0.324. The Labute approximate surface area is 181 Å². The van der Waals surface area contributed by atoms with Gasteiger partial charge in [-0.3, -0.25) is 9.56 Å². The zero-order chi connectivity index (χ0) is 19.2. The predicted octanol–water partition coefficient (Wildman–Crippen LogP) is 3.51. The molecule has 0 aliphatic carbocycles. The highest BCUT2D eigenvalue weighted by Crippen LogP contribution is 2.09. The van der Waals surface area contributed by atoms with Crippen LogP contribution in [0, 0.1) is 19.7 Å². The van der Waals surface area contributed by atoms with E-state index in [1.165, 1.54) is 6.07 Å². The van der Waals surface area contributed by atoms with Crippen molar-refractivity contribution in [3.63, 3.8) is 0 Å². The Morgan fingerprint density at radius 2 is 1.79 bits per heavy atom. The molecule has 28 heavy (non-hydrogen) atoms. The van der Waals surface area contributed by atoms with Crippen molar-refractivity contribution >= 4 is 29.9 Å². The molecular formula is C20H24FIN6. The molecule has 2 heterocycles. The average Bonchev–Trinajstić information content (AvgIpc) is 3.11. The highest BCUT2D eigenvalue weighted by atomic mass is 127. The lowest BCUT2D eigenvalue weighted by molar-refractivity contribution is 0.617. The van der Waals surface area contributed by atoms with E-state index in [1.807, 2.05) is 42.1 Å². The van der Waals surface area contributed by atoms with E-state index in [1.54, 1.807) is 26.2 Å². The first-order valence-corrected chi connectivity index (χ1v) is 8.71. The van der Waals surface area contributed by atoms with Crippen LogP contribution in [0.2, 0.25) is 0 Å². The maximum atomic E-state index is 13.3. The molecule has 0 atom stereocenters. The zero-order valence-electron chi connectivity index (χ0n) is 16.1. The number of imidazole rings is 1. The third-order valence-corrected chi connectivity index (χ3v) is 4.25. The van der Waals surface area contributed by atoms with Gasteiger partial charge in [-0.25, -0.2) is 14.4 Å². The average molecular weight is 494 g/mol. The first-order valence-electron chi connectivity index (χ1n) is 8.71. The summed E-state index contributed by atoms with van der Waals surface area (Å²) in [7, 11) is 1.72. The Hall–Kier alpha value is -2.49. The number of rotatable bonds is 5. The second-order valence-corrected chi connectivity index (χ2v) is 6.23. The van der Waals surface area contributed by atoms with Gasteiger partial charge in [-0.2, -0.15) is 0 Å². The summed E-state index contributed by atoms with van der Waals surface area (Å²) in [6.07, 6.45) is 5.47. The number of hydrogen-bond acceptors (Lipinski definition) is 3. The van der Waals surface area contributed by atoms with E-state index in [0.717, 1.165) is 22.8 Å². The molecule has 0 fully saturated rings. The molecular weight excluding hydrogens is 470 g/mol. The molecule has 6 nitrogen and oxygen atoms in total. The molecule has 0 saturated heterocycles. The Morgan fingerprint density at radius 3 is 2.36 bits per heavy atom. The van der Waals surface area contributed by atoms with Gasteiger partial charge >= 0.3 is 0 Å². The van der Waals surface area contributed by atoms with Crippen LogP contribution in [0.3, 0.4) is 0 Å². The number of aryl methyl sites for hydroxylation is 2. The standard InChI is InChI=1S/C20H23FN6.HI/c1-14-10-16(4-6-18(14)21)11-25-20(22-3)26-13-17-5-7-19(24-12-17)27-9-8-23-15(27)2;/h4-10,12H,11,13H2,1-3H3,(H2,22,25,26);1H. The molecule has 2 aromatic heterocycles. The van der Waals surface area contributed by atoms with Gasteiger partial charge in [0, 0.05) is 38.7 Å². The summed E-state index contributed by atoms with van der Waals surface area (Å²) in [4.78, 5) is 12.9. The van der Waals surface area contributed by atoms with Crippen molar-refractivity contribution in [1.82, 2.24) is 25.2 Å². The summed E-state index contributed by atoms with van der Waals surface area (Å²) >= 11 is 0. The number of halogens is 2. The Kier molecular flexibility index (Phi) is 7.91. The van der Waals surface area contributed by atoms with Crippen LogP contribution in [0.4, 0.5) is 4.39 Å². The molecule has 0 radical (unpaired) electrons. The van der Waals surface area contributed by atoms with E-state index >= 15 is 0 Å². The number of guanidine groups is 1. The minimum absolute atomic E-state index is 0. The lowest BCUT2D eigenvalue weighted by Gasteiger charge is -2.13. The second-order valence-electron chi connectivity index (χ2n) is 6.23. The molecule has 8 heteroatoms. The molecule has 0 saturated carbocycles. The van der Waals surface area contributed by atoms with Gasteiger partial charge in [0.05, 0.1) is 0 Å². The van der Waals surface area contributed by atoms with Gasteiger partial charge in [0.25, 0.3) is 0 Å². The summed E-state index contributed by atoms with van der Waals surface area (Å²) in [6, 6.07) is 9.06. The number of pyridine rings is 1. The van der Waals surface area contributed by atoms with Crippen LogP contribution in [0.1, 0.15) is 22.5 Å². The van der Waals surface area contributed by atoms with E-state index < -0.39 is 0 Å². The minimum Gasteiger partial charge on any atom is -0.352 e. The summed E-state index contributed by atoms with van der Waals surface area (Å²) in [5, 5.41) is 6.48. The van der Waals surface area contributed by atoms with Crippen molar-refractivity contribution in [3.05, 3.63) is 77.3 Å². The maximum absolute atomic E-state index is 13.3.